The third-order valence-electron chi connectivity index (χ3n) is 2.90. The van der Waals surface area contributed by atoms with Crippen molar-refractivity contribution in [2.75, 3.05) is 11.9 Å². The molecule has 2 rings (SSSR count). The number of carbonyl (C=O) groups is 2. The average molecular weight is 312 g/mol. The molecule has 1 atom stereocenters. The second-order valence-corrected chi connectivity index (χ2v) is 6.88. The van der Waals surface area contributed by atoms with Crippen LogP contribution in [0.15, 0.2) is 0 Å². The van der Waals surface area contributed by atoms with Gasteiger partial charge in [-0.2, -0.15) is 0 Å². The lowest BCUT2D eigenvalue weighted by molar-refractivity contribution is -0.145. The number of aromatic nitrogens is 1. The molecule has 1 aromatic heterocycles. The quantitative estimate of drug-likeness (QED) is 0.868. The van der Waals surface area contributed by atoms with Gasteiger partial charge in [0.2, 0.25) is 0 Å². The normalized spacial score (nSPS) is 17.2. The van der Waals surface area contributed by atoms with Crippen molar-refractivity contribution in [1.82, 2.24) is 4.98 Å². The smallest absolute Gasteiger partial charge is 0.413 e. The largest absolute Gasteiger partial charge is 0.465 e. The maximum Gasteiger partial charge on any atom is 0.413 e. The summed E-state index contributed by atoms with van der Waals surface area (Å²) in [5.41, 5.74) is 0.168. The number of hydrogen-bond acceptors (Lipinski definition) is 6. The van der Waals surface area contributed by atoms with Crippen LogP contribution in [-0.2, 0) is 20.7 Å². The molecule has 1 aliphatic rings. The van der Waals surface area contributed by atoms with E-state index in [1.807, 2.05) is 0 Å². The monoisotopic (exact) mass is 312 g/mol. The molecule has 1 heterocycles. The minimum atomic E-state index is -0.558. The Morgan fingerprint density at radius 1 is 1.43 bits per heavy atom. The summed E-state index contributed by atoms with van der Waals surface area (Å²) in [7, 11) is 0. The second-order valence-electron chi connectivity index (χ2n) is 5.80. The van der Waals surface area contributed by atoms with Gasteiger partial charge in [-0.15, -0.1) is 11.3 Å². The van der Waals surface area contributed by atoms with E-state index in [0.717, 1.165) is 23.4 Å². The molecule has 1 aliphatic carbocycles. The highest BCUT2D eigenvalue weighted by Gasteiger charge is 2.34. The van der Waals surface area contributed by atoms with E-state index in [-0.39, 0.29) is 11.9 Å². The van der Waals surface area contributed by atoms with E-state index in [9.17, 15) is 9.59 Å². The maximum atomic E-state index is 11.9. The Balaban J connectivity index is 2.05. The summed E-state index contributed by atoms with van der Waals surface area (Å²) in [5.74, 6) is -0.559. The molecule has 1 aromatic rings. The van der Waals surface area contributed by atoms with Gasteiger partial charge in [-0.1, -0.05) is 0 Å². The molecule has 0 saturated carbocycles. The lowest BCUT2D eigenvalue weighted by Crippen LogP contribution is -2.27. The van der Waals surface area contributed by atoms with Gasteiger partial charge in [0.25, 0.3) is 0 Å². The van der Waals surface area contributed by atoms with Crippen molar-refractivity contribution in [3.8, 4) is 0 Å². The van der Waals surface area contributed by atoms with Crippen LogP contribution in [0.5, 0.6) is 0 Å². The number of ether oxygens (including phenoxy) is 2. The van der Waals surface area contributed by atoms with Gasteiger partial charge in [0.05, 0.1) is 12.3 Å². The third kappa shape index (κ3) is 3.93. The highest BCUT2D eigenvalue weighted by Crippen LogP contribution is 2.39. The zero-order valence-electron chi connectivity index (χ0n) is 12.7. The number of nitrogens with one attached hydrogen (secondary N) is 1. The van der Waals surface area contributed by atoms with E-state index in [1.54, 1.807) is 27.7 Å². The fraction of sp³-hybridized carbons (Fsp3) is 0.643. The zero-order chi connectivity index (χ0) is 15.6. The molecule has 0 aromatic carbocycles. The lowest BCUT2D eigenvalue weighted by Gasteiger charge is -2.19. The minimum absolute atomic E-state index is 0.245. The molecule has 0 radical (unpaired) electrons. The van der Waals surface area contributed by atoms with E-state index in [0.29, 0.717) is 11.7 Å². The number of amides is 1. The molecule has 0 spiro atoms. The number of rotatable bonds is 3. The summed E-state index contributed by atoms with van der Waals surface area (Å²) in [6.07, 6.45) is 0.967. The second kappa shape index (κ2) is 6.01. The summed E-state index contributed by atoms with van der Waals surface area (Å²) in [4.78, 5) is 29.0. The first-order chi connectivity index (χ1) is 9.80. The summed E-state index contributed by atoms with van der Waals surface area (Å²) in [5, 5.41) is 3.07. The van der Waals surface area contributed by atoms with Crippen molar-refractivity contribution >= 4 is 28.5 Å². The maximum absolute atomic E-state index is 11.9. The fourth-order valence-electron chi connectivity index (χ4n) is 2.14. The predicted octanol–water partition coefficient (Wildman–Crippen LogP) is 3.08. The molecule has 6 nitrogen and oxygen atoms in total. The molecular formula is C14H20N2O4S. The van der Waals surface area contributed by atoms with Crippen LogP contribution in [0.1, 0.15) is 50.6 Å². The number of carbonyl (C=O) groups excluding carboxylic acids is 2. The fourth-order valence-corrected chi connectivity index (χ4v) is 3.17. The molecule has 116 valence electrons. The van der Waals surface area contributed by atoms with Gasteiger partial charge >= 0.3 is 12.1 Å². The lowest BCUT2D eigenvalue weighted by atomic mass is 10.1. The van der Waals surface area contributed by atoms with Crippen molar-refractivity contribution in [3.63, 3.8) is 0 Å². The molecule has 7 heteroatoms. The van der Waals surface area contributed by atoms with E-state index in [2.05, 4.69) is 10.3 Å². The Bertz CT molecular complexity index is 548. The number of hydrogen-bond donors (Lipinski definition) is 1. The number of anilines is 1. The number of esters is 1. The number of nitrogens with zero attached hydrogens (tertiary/aromatic N) is 1. The molecule has 0 fully saturated rings. The van der Waals surface area contributed by atoms with Crippen molar-refractivity contribution in [3.05, 3.63) is 10.6 Å². The number of fused-ring (bicyclic) bond motifs is 1. The molecule has 1 unspecified atom stereocenters. The molecule has 0 aliphatic heterocycles. The first kappa shape index (κ1) is 15.8. The van der Waals surface area contributed by atoms with Gasteiger partial charge < -0.3 is 9.47 Å². The van der Waals surface area contributed by atoms with Crippen molar-refractivity contribution in [2.24, 2.45) is 0 Å². The van der Waals surface area contributed by atoms with Crippen molar-refractivity contribution in [1.29, 1.82) is 0 Å². The van der Waals surface area contributed by atoms with E-state index >= 15 is 0 Å². The highest BCUT2D eigenvalue weighted by atomic mass is 32.1. The van der Waals surface area contributed by atoms with Crippen LogP contribution in [0, 0.1) is 0 Å². The van der Waals surface area contributed by atoms with Crippen molar-refractivity contribution in [2.45, 2.75) is 52.1 Å². The molecule has 0 saturated heterocycles. The Morgan fingerprint density at radius 2 is 2.14 bits per heavy atom. The summed E-state index contributed by atoms with van der Waals surface area (Å²) >= 11 is 1.38. The SMILES string of the molecule is CCOC(=O)C1CCc2sc(NC(=O)OC(C)(C)C)nc21. The van der Waals surface area contributed by atoms with E-state index in [4.69, 9.17) is 9.47 Å². The molecular weight excluding hydrogens is 292 g/mol. The first-order valence-corrected chi connectivity index (χ1v) is 7.78. The van der Waals surface area contributed by atoms with Gasteiger partial charge in [0.15, 0.2) is 5.13 Å². The Hall–Kier alpha value is -1.63. The predicted molar refractivity (Wildman–Crippen MR) is 79.7 cm³/mol. The van der Waals surface area contributed by atoms with Gasteiger partial charge in [-0.3, -0.25) is 10.1 Å². The topological polar surface area (TPSA) is 77.5 Å². The van der Waals surface area contributed by atoms with Crippen LogP contribution in [0.4, 0.5) is 9.93 Å². The van der Waals surface area contributed by atoms with Gasteiger partial charge in [0, 0.05) is 4.88 Å². The third-order valence-corrected chi connectivity index (χ3v) is 3.94. The number of aryl methyl sites for hydroxylation is 1. The van der Waals surface area contributed by atoms with Crippen LogP contribution in [0.25, 0.3) is 0 Å². The highest BCUT2D eigenvalue weighted by molar-refractivity contribution is 7.16. The molecule has 0 bridgehead atoms. The molecule has 1 N–H and O–H groups in total. The summed E-state index contributed by atoms with van der Waals surface area (Å²) < 4.78 is 10.2. The Kier molecular flexibility index (Phi) is 4.51. The zero-order valence-corrected chi connectivity index (χ0v) is 13.5. The van der Waals surface area contributed by atoms with Crippen LogP contribution >= 0.6 is 11.3 Å². The van der Waals surface area contributed by atoms with Crippen molar-refractivity contribution < 1.29 is 19.1 Å². The minimum Gasteiger partial charge on any atom is -0.465 e. The molecule has 1 amide bonds. The average Bonchev–Trinajstić information content (AvgIpc) is 2.85. The van der Waals surface area contributed by atoms with Gasteiger partial charge in [0.1, 0.15) is 11.5 Å². The first-order valence-electron chi connectivity index (χ1n) is 6.96. The van der Waals surface area contributed by atoms with Gasteiger partial charge in [-0.25, -0.2) is 9.78 Å². The van der Waals surface area contributed by atoms with Crippen LogP contribution in [0.3, 0.4) is 0 Å². The van der Waals surface area contributed by atoms with Crippen LogP contribution in [-0.4, -0.2) is 29.3 Å². The summed E-state index contributed by atoms with van der Waals surface area (Å²) in [6, 6.07) is 0. The van der Waals surface area contributed by atoms with Crippen LogP contribution < -0.4 is 5.32 Å². The van der Waals surface area contributed by atoms with Gasteiger partial charge in [-0.05, 0) is 40.5 Å². The Labute approximate surface area is 127 Å². The Morgan fingerprint density at radius 3 is 2.76 bits per heavy atom. The standard InChI is InChI=1S/C14H20N2O4S/c1-5-19-11(17)8-6-7-9-10(8)15-12(21-9)16-13(18)20-14(2,3)4/h8H,5-7H2,1-4H3,(H,15,16,18). The van der Waals surface area contributed by atoms with E-state index in [1.165, 1.54) is 11.3 Å². The summed E-state index contributed by atoms with van der Waals surface area (Å²) in [6.45, 7) is 7.53. The number of thiazole rings is 1. The van der Waals surface area contributed by atoms with E-state index < -0.39 is 11.7 Å². The van der Waals surface area contributed by atoms with Crippen LogP contribution in [0.2, 0.25) is 0 Å². The molecule has 21 heavy (non-hydrogen) atoms.